The van der Waals surface area contributed by atoms with Crippen molar-refractivity contribution in [1.29, 1.82) is 0 Å². The minimum atomic E-state index is -0.259. The summed E-state index contributed by atoms with van der Waals surface area (Å²) in [6, 6.07) is 10.4. The number of aliphatic hydroxyl groups is 1. The number of nitrogens with one attached hydrogen (secondary N) is 3. The van der Waals surface area contributed by atoms with Crippen molar-refractivity contribution in [1.82, 2.24) is 21.2 Å². The van der Waals surface area contributed by atoms with Crippen LogP contribution in [0.25, 0.3) is 10.9 Å². The molecule has 3 fully saturated rings. The van der Waals surface area contributed by atoms with Gasteiger partial charge in [-0.1, -0.05) is 18.2 Å². The molecule has 4 atom stereocenters. The Morgan fingerprint density at radius 1 is 1.25 bits per heavy atom. The largest absolute Gasteiger partial charge is 0.393 e. The van der Waals surface area contributed by atoms with Gasteiger partial charge in [-0.25, -0.2) is 0 Å². The van der Waals surface area contributed by atoms with Gasteiger partial charge in [-0.3, -0.25) is 20.6 Å². The number of amides is 1. The fraction of sp³-hybridized carbons (Fsp3) is 0.545. The van der Waals surface area contributed by atoms with Crippen molar-refractivity contribution in [2.45, 2.75) is 56.8 Å². The lowest BCUT2D eigenvalue weighted by Crippen LogP contribution is -2.47. The number of nitrogens with zero attached hydrogens (tertiary/aromatic N) is 1. The van der Waals surface area contributed by atoms with Crippen LogP contribution in [0.15, 0.2) is 36.5 Å². The summed E-state index contributed by atoms with van der Waals surface area (Å²) in [4.78, 5) is 17.9. The van der Waals surface area contributed by atoms with Crippen molar-refractivity contribution < 1.29 is 9.90 Å². The monoisotopic (exact) mass is 380 g/mol. The molecular formula is C22H28N4O2. The van der Waals surface area contributed by atoms with Crippen LogP contribution in [0.5, 0.6) is 0 Å². The Balaban J connectivity index is 1.41. The number of hydrazine groups is 1. The van der Waals surface area contributed by atoms with Crippen molar-refractivity contribution >= 4 is 16.8 Å². The predicted molar refractivity (Wildman–Crippen MR) is 107 cm³/mol. The van der Waals surface area contributed by atoms with Crippen LogP contribution in [0.3, 0.4) is 0 Å². The zero-order valence-electron chi connectivity index (χ0n) is 16.1. The SMILES string of the molecule is CC1NNC(C2CC2)C1C(=O)NC(c1cnc2ccccc2c1)C1CC(O)C1. The summed E-state index contributed by atoms with van der Waals surface area (Å²) < 4.78 is 0. The van der Waals surface area contributed by atoms with E-state index in [9.17, 15) is 9.90 Å². The molecule has 2 aliphatic carbocycles. The van der Waals surface area contributed by atoms with E-state index in [1.807, 2.05) is 24.4 Å². The van der Waals surface area contributed by atoms with E-state index in [2.05, 4.69) is 40.2 Å². The van der Waals surface area contributed by atoms with Gasteiger partial charge >= 0.3 is 0 Å². The number of para-hydroxylation sites is 1. The Kier molecular flexibility index (Phi) is 4.57. The maximum atomic E-state index is 13.3. The molecule has 2 saturated carbocycles. The predicted octanol–water partition coefficient (Wildman–Crippen LogP) is 2.05. The van der Waals surface area contributed by atoms with Gasteiger partial charge in [-0.2, -0.15) is 0 Å². The topological polar surface area (TPSA) is 86.3 Å². The summed E-state index contributed by atoms with van der Waals surface area (Å²) in [5, 5.41) is 14.3. The molecule has 1 aliphatic heterocycles. The molecular weight excluding hydrogens is 352 g/mol. The molecule has 1 aromatic carbocycles. The van der Waals surface area contributed by atoms with Crippen LogP contribution < -0.4 is 16.2 Å². The first-order valence-electron chi connectivity index (χ1n) is 10.4. The molecule has 2 aromatic rings. The molecule has 6 nitrogen and oxygen atoms in total. The van der Waals surface area contributed by atoms with E-state index in [4.69, 9.17) is 0 Å². The molecule has 0 bridgehead atoms. The van der Waals surface area contributed by atoms with Crippen LogP contribution in [-0.2, 0) is 4.79 Å². The highest BCUT2D eigenvalue weighted by molar-refractivity contribution is 5.82. The summed E-state index contributed by atoms with van der Waals surface area (Å²) in [7, 11) is 0. The van der Waals surface area contributed by atoms with Gasteiger partial charge in [0.25, 0.3) is 0 Å². The van der Waals surface area contributed by atoms with Crippen LogP contribution in [0.4, 0.5) is 0 Å². The Labute approximate surface area is 165 Å². The van der Waals surface area contributed by atoms with E-state index in [1.165, 1.54) is 12.8 Å². The van der Waals surface area contributed by atoms with Gasteiger partial charge in [0.15, 0.2) is 0 Å². The summed E-state index contributed by atoms with van der Waals surface area (Å²) in [6.45, 7) is 2.07. The average molecular weight is 380 g/mol. The molecule has 4 unspecified atom stereocenters. The minimum absolute atomic E-state index is 0.0755. The molecule has 1 saturated heterocycles. The van der Waals surface area contributed by atoms with E-state index < -0.39 is 0 Å². The van der Waals surface area contributed by atoms with Gasteiger partial charge in [-0.15, -0.1) is 0 Å². The van der Waals surface area contributed by atoms with Gasteiger partial charge in [0.1, 0.15) is 0 Å². The summed E-state index contributed by atoms with van der Waals surface area (Å²) >= 11 is 0. The van der Waals surface area contributed by atoms with Crippen LogP contribution in [0.1, 0.15) is 44.2 Å². The van der Waals surface area contributed by atoms with Crippen molar-refractivity contribution in [2.75, 3.05) is 0 Å². The Hall–Kier alpha value is -2.02. The van der Waals surface area contributed by atoms with Crippen LogP contribution >= 0.6 is 0 Å². The summed E-state index contributed by atoms with van der Waals surface area (Å²) in [5.74, 6) is 0.869. The number of rotatable bonds is 5. The molecule has 0 spiro atoms. The highest BCUT2D eigenvalue weighted by Gasteiger charge is 2.47. The van der Waals surface area contributed by atoms with E-state index >= 15 is 0 Å². The molecule has 28 heavy (non-hydrogen) atoms. The number of carbonyl (C=O) groups excluding carboxylic acids is 1. The highest BCUT2D eigenvalue weighted by atomic mass is 16.3. The number of hydrogen-bond donors (Lipinski definition) is 4. The fourth-order valence-electron chi connectivity index (χ4n) is 4.86. The van der Waals surface area contributed by atoms with Crippen LogP contribution in [0.2, 0.25) is 0 Å². The second-order valence-electron chi connectivity index (χ2n) is 8.80. The van der Waals surface area contributed by atoms with E-state index in [0.29, 0.717) is 5.92 Å². The number of aromatic nitrogens is 1. The number of pyridine rings is 1. The lowest BCUT2D eigenvalue weighted by Gasteiger charge is -2.39. The Bertz CT molecular complexity index is 878. The lowest BCUT2D eigenvalue weighted by atomic mass is 9.75. The highest BCUT2D eigenvalue weighted by Crippen LogP contribution is 2.41. The van der Waals surface area contributed by atoms with Gasteiger partial charge in [-0.05, 0) is 62.1 Å². The summed E-state index contributed by atoms with van der Waals surface area (Å²) in [5.41, 5.74) is 8.58. The standard InChI is InChI=1S/C22H28N4O2/c1-12-19(21(26-25-12)13-6-7-13)22(28)24-20(15-9-17(27)10-15)16-8-14-4-2-3-5-18(14)23-11-16/h2-5,8,11-13,15,17,19-21,25-27H,6-7,9-10H2,1H3,(H,24,28). The van der Waals surface area contributed by atoms with E-state index in [-0.39, 0.29) is 42.0 Å². The first-order chi connectivity index (χ1) is 13.6. The number of hydrogen-bond acceptors (Lipinski definition) is 5. The molecule has 5 rings (SSSR count). The number of fused-ring (bicyclic) bond motifs is 1. The molecule has 3 aliphatic rings. The third-order valence-electron chi connectivity index (χ3n) is 6.73. The second kappa shape index (κ2) is 7.10. The van der Waals surface area contributed by atoms with Crippen molar-refractivity contribution in [2.24, 2.45) is 17.8 Å². The number of carbonyl (C=O) groups is 1. The molecule has 1 aromatic heterocycles. The Morgan fingerprint density at radius 2 is 2.04 bits per heavy atom. The minimum Gasteiger partial charge on any atom is -0.393 e. The first kappa shape index (κ1) is 18.0. The van der Waals surface area contributed by atoms with Gasteiger partial charge in [0.05, 0.1) is 23.6 Å². The molecule has 4 N–H and O–H groups in total. The maximum absolute atomic E-state index is 13.3. The number of aliphatic hydroxyl groups excluding tert-OH is 1. The third kappa shape index (κ3) is 3.30. The smallest absolute Gasteiger partial charge is 0.226 e. The zero-order valence-corrected chi connectivity index (χ0v) is 16.1. The fourth-order valence-corrected chi connectivity index (χ4v) is 4.86. The van der Waals surface area contributed by atoms with Crippen LogP contribution in [0, 0.1) is 17.8 Å². The van der Waals surface area contributed by atoms with E-state index in [1.54, 1.807) is 0 Å². The molecule has 6 heteroatoms. The summed E-state index contributed by atoms with van der Waals surface area (Å²) in [6.07, 6.45) is 5.46. The van der Waals surface area contributed by atoms with E-state index in [0.717, 1.165) is 29.3 Å². The third-order valence-corrected chi connectivity index (χ3v) is 6.73. The van der Waals surface area contributed by atoms with Crippen LogP contribution in [-0.4, -0.2) is 34.2 Å². The quantitative estimate of drug-likeness (QED) is 0.638. The maximum Gasteiger partial charge on any atom is 0.226 e. The van der Waals surface area contributed by atoms with Crippen molar-refractivity contribution in [3.63, 3.8) is 0 Å². The van der Waals surface area contributed by atoms with Crippen molar-refractivity contribution in [3.8, 4) is 0 Å². The molecule has 2 heterocycles. The van der Waals surface area contributed by atoms with Gasteiger partial charge in [0.2, 0.25) is 5.91 Å². The molecule has 148 valence electrons. The Morgan fingerprint density at radius 3 is 2.79 bits per heavy atom. The first-order valence-corrected chi connectivity index (χ1v) is 10.4. The normalized spacial score (nSPS) is 33.4. The second-order valence-corrected chi connectivity index (χ2v) is 8.80. The molecule has 1 amide bonds. The lowest BCUT2D eigenvalue weighted by molar-refractivity contribution is -0.127. The van der Waals surface area contributed by atoms with Gasteiger partial charge in [0, 0.05) is 23.7 Å². The number of benzene rings is 1. The molecule has 0 radical (unpaired) electrons. The zero-order chi connectivity index (χ0) is 19.3. The average Bonchev–Trinajstić information content (AvgIpc) is 3.45. The van der Waals surface area contributed by atoms with Crippen molar-refractivity contribution in [3.05, 3.63) is 42.1 Å². The van der Waals surface area contributed by atoms with Gasteiger partial charge < -0.3 is 10.4 Å².